The summed E-state index contributed by atoms with van der Waals surface area (Å²) in [4.78, 5) is 0. The number of nitrogen functional groups attached to an aromatic ring is 1. The summed E-state index contributed by atoms with van der Waals surface area (Å²) in [6.07, 6.45) is 0. The molecule has 1 aromatic carbocycles. The van der Waals surface area contributed by atoms with E-state index >= 15 is 0 Å². The molecule has 0 aliphatic rings. The molecule has 0 amide bonds. The van der Waals surface area contributed by atoms with Crippen molar-refractivity contribution in [2.24, 2.45) is 0 Å². The molecule has 0 saturated carbocycles. The Hall–Kier alpha value is -1.49. The molecule has 0 fully saturated rings. The van der Waals surface area contributed by atoms with E-state index in [0.717, 1.165) is 10.0 Å². The van der Waals surface area contributed by atoms with Crippen LogP contribution in [0.3, 0.4) is 0 Å². The van der Waals surface area contributed by atoms with E-state index in [9.17, 15) is 5.11 Å². The van der Waals surface area contributed by atoms with Crippen molar-refractivity contribution in [3.63, 3.8) is 0 Å². The van der Waals surface area contributed by atoms with Gasteiger partial charge < -0.3 is 15.4 Å². The molecule has 0 unspecified atom stereocenters. The van der Waals surface area contributed by atoms with Crippen LogP contribution in [0.4, 0.5) is 5.88 Å². The Labute approximate surface area is 88.5 Å². The van der Waals surface area contributed by atoms with Crippen LogP contribution in [0.15, 0.2) is 33.3 Å². The average molecular weight is 255 g/mol. The molecule has 0 radical (unpaired) electrons. The number of hydrogen-bond acceptors (Lipinski definition) is 4. The summed E-state index contributed by atoms with van der Waals surface area (Å²) in [7, 11) is 0. The topological polar surface area (TPSA) is 72.3 Å². The maximum Gasteiger partial charge on any atom is 0.222 e. The first-order valence-electron chi connectivity index (χ1n) is 3.88. The second-order valence-electron chi connectivity index (χ2n) is 2.78. The van der Waals surface area contributed by atoms with Gasteiger partial charge in [0.05, 0.1) is 0 Å². The first-order valence-corrected chi connectivity index (χ1v) is 4.67. The molecule has 4 nitrogen and oxygen atoms in total. The molecule has 0 aliphatic heterocycles. The lowest BCUT2D eigenvalue weighted by molar-refractivity contribution is 0.439. The van der Waals surface area contributed by atoms with Crippen molar-refractivity contribution in [3.8, 4) is 17.0 Å². The third-order valence-electron chi connectivity index (χ3n) is 1.76. The minimum Gasteiger partial charge on any atom is -0.508 e. The Kier molecular flexibility index (Phi) is 2.17. The monoisotopic (exact) mass is 254 g/mol. The van der Waals surface area contributed by atoms with Crippen molar-refractivity contribution >= 4 is 21.8 Å². The van der Waals surface area contributed by atoms with Gasteiger partial charge in [-0.1, -0.05) is 5.16 Å². The van der Waals surface area contributed by atoms with E-state index in [1.54, 1.807) is 24.3 Å². The lowest BCUT2D eigenvalue weighted by atomic mass is 10.1. The van der Waals surface area contributed by atoms with Gasteiger partial charge in [-0.2, -0.15) is 0 Å². The SMILES string of the molecule is Nc1cc(-c2ccc(O)cc2Br)no1. The Bertz CT molecular complexity index is 468. The smallest absolute Gasteiger partial charge is 0.222 e. The van der Waals surface area contributed by atoms with Crippen molar-refractivity contribution in [3.05, 3.63) is 28.7 Å². The summed E-state index contributed by atoms with van der Waals surface area (Å²) < 4.78 is 5.49. The van der Waals surface area contributed by atoms with Crippen molar-refractivity contribution in [2.75, 3.05) is 5.73 Å². The number of anilines is 1. The molecular formula is C9H7BrN2O2. The van der Waals surface area contributed by atoms with E-state index < -0.39 is 0 Å². The number of nitrogens with two attached hydrogens (primary N) is 1. The third-order valence-corrected chi connectivity index (χ3v) is 2.41. The van der Waals surface area contributed by atoms with Gasteiger partial charge in [0.1, 0.15) is 11.4 Å². The number of aromatic hydroxyl groups is 1. The number of phenolic OH excluding ortho intramolecular Hbond substituents is 1. The Morgan fingerprint density at radius 2 is 2.14 bits per heavy atom. The van der Waals surface area contributed by atoms with Gasteiger partial charge in [-0.05, 0) is 34.1 Å². The Morgan fingerprint density at radius 3 is 2.71 bits per heavy atom. The first kappa shape index (κ1) is 9.08. The van der Waals surface area contributed by atoms with Crippen molar-refractivity contribution in [1.82, 2.24) is 5.16 Å². The van der Waals surface area contributed by atoms with Crippen LogP contribution < -0.4 is 5.73 Å². The van der Waals surface area contributed by atoms with Gasteiger partial charge in [0.2, 0.25) is 5.88 Å². The zero-order valence-corrected chi connectivity index (χ0v) is 8.65. The molecule has 0 saturated heterocycles. The summed E-state index contributed by atoms with van der Waals surface area (Å²) >= 11 is 3.31. The second-order valence-corrected chi connectivity index (χ2v) is 3.63. The predicted molar refractivity (Wildman–Crippen MR) is 55.7 cm³/mol. The molecule has 1 heterocycles. The zero-order valence-electron chi connectivity index (χ0n) is 7.07. The largest absolute Gasteiger partial charge is 0.508 e. The van der Waals surface area contributed by atoms with Gasteiger partial charge in [-0.3, -0.25) is 0 Å². The maximum atomic E-state index is 9.19. The fourth-order valence-electron chi connectivity index (χ4n) is 1.13. The molecule has 1 aromatic heterocycles. The standard InChI is InChI=1S/C9H7BrN2O2/c10-7-3-5(13)1-2-6(7)8-4-9(11)14-12-8/h1-4,13H,11H2. The van der Waals surface area contributed by atoms with Crippen molar-refractivity contribution < 1.29 is 9.63 Å². The molecular weight excluding hydrogens is 248 g/mol. The molecule has 3 N–H and O–H groups in total. The molecule has 5 heteroatoms. The van der Waals surface area contributed by atoms with Crippen LogP contribution in [-0.4, -0.2) is 10.3 Å². The van der Waals surface area contributed by atoms with Crippen LogP contribution in [0.25, 0.3) is 11.3 Å². The highest BCUT2D eigenvalue weighted by atomic mass is 79.9. The van der Waals surface area contributed by atoms with E-state index in [1.807, 2.05) is 0 Å². The number of aromatic nitrogens is 1. The van der Waals surface area contributed by atoms with Gasteiger partial charge in [0, 0.05) is 16.1 Å². The lowest BCUT2D eigenvalue weighted by Gasteiger charge is -1.99. The molecule has 0 atom stereocenters. The van der Waals surface area contributed by atoms with Crippen molar-refractivity contribution in [1.29, 1.82) is 0 Å². The predicted octanol–water partition coefficient (Wildman–Crippen LogP) is 2.39. The maximum absolute atomic E-state index is 9.19. The highest BCUT2D eigenvalue weighted by Gasteiger charge is 2.08. The summed E-state index contributed by atoms with van der Waals surface area (Å²) in [5, 5.41) is 13.0. The van der Waals surface area contributed by atoms with Gasteiger partial charge >= 0.3 is 0 Å². The molecule has 2 rings (SSSR count). The van der Waals surface area contributed by atoms with E-state index in [2.05, 4.69) is 21.1 Å². The van der Waals surface area contributed by atoms with Crippen LogP contribution in [0.5, 0.6) is 5.75 Å². The number of rotatable bonds is 1. The van der Waals surface area contributed by atoms with Crippen LogP contribution in [0.2, 0.25) is 0 Å². The lowest BCUT2D eigenvalue weighted by Crippen LogP contribution is -1.79. The quantitative estimate of drug-likeness (QED) is 0.820. The van der Waals surface area contributed by atoms with E-state index in [-0.39, 0.29) is 11.6 Å². The number of halogens is 1. The third kappa shape index (κ3) is 1.58. The van der Waals surface area contributed by atoms with E-state index in [0.29, 0.717) is 5.69 Å². The summed E-state index contributed by atoms with van der Waals surface area (Å²) in [6, 6.07) is 6.51. The van der Waals surface area contributed by atoms with Gasteiger partial charge in [0.15, 0.2) is 0 Å². The molecule has 72 valence electrons. The number of nitrogens with zero attached hydrogens (tertiary/aromatic N) is 1. The molecule has 0 spiro atoms. The van der Waals surface area contributed by atoms with Gasteiger partial charge in [-0.25, -0.2) is 0 Å². The Morgan fingerprint density at radius 1 is 1.36 bits per heavy atom. The number of phenols is 1. The summed E-state index contributed by atoms with van der Waals surface area (Å²) in [5.74, 6) is 0.456. The summed E-state index contributed by atoms with van der Waals surface area (Å²) in [6.45, 7) is 0. The van der Waals surface area contributed by atoms with Crippen LogP contribution >= 0.6 is 15.9 Å². The van der Waals surface area contributed by atoms with Gasteiger partial charge in [0.25, 0.3) is 0 Å². The highest BCUT2D eigenvalue weighted by molar-refractivity contribution is 9.10. The first-order chi connectivity index (χ1) is 6.66. The molecule has 0 bridgehead atoms. The van der Waals surface area contributed by atoms with Crippen LogP contribution in [0, 0.1) is 0 Å². The minimum absolute atomic E-state index is 0.192. The van der Waals surface area contributed by atoms with E-state index in [1.165, 1.54) is 0 Å². The Balaban J connectivity index is 2.52. The van der Waals surface area contributed by atoms with Crippen molar-refractivity contribution in [2.45, 2.75) is 0 Å². The van der Waals surface area contributed by atoms with E-state index in [4.69, 9.17) is 10.3 Å². The average Bonchev–Trinajstić information content (AvgIpc) is 2.51. The normalized spacial score (nSPS) is 10.4. The minimum atomic E-state index is 0.192. The van der Waals surface area contributed by atoms with Crippen LogP contribution in [-0.2, 0) is 0 Å². The fraction of sp³-hybridized carbons (Fsp3) is 0. The van der Waals surface area contributed by atoms with Crippen LogP contribution in [0.1, 0.15) is 0 Å². The molecule has 0 aliphatic carbocycles. The second kappa shape index (κ2) is 3.34. The highest BCUT2D eigenvalue weighted by Crippen LogP contribution is 2.30. The fourth-order valence-corrected chi connectivity index (χ4v) is 1.70. The number of hydrogen-bond donors (Lipinski definition) is 2. The zero-order chi connectivity index (χ0) is 10.1. The summed E-state index contributed by atoms with van der Waals surface area (Å²) in [5.41, 5.74) is 6.86. The molecule has 2 aromatic rings. The van der Waals surface area contributed by atoms with Gasteiger partial charge in [-0.15, -0.1) is 0 Å². The number of benzene rings is 1. The molecule has 14 heavy (non-hydrogen) atoms.